The molecule has 2 unspecified atom stereocenters. The van der Waals surface area contributed by atoms with Crippen molar-refractivity contribution in [3.05, 3.63) is 29.8 Å². The van der Waals surface area contributed by atoms with Crippen molar-refractivity contribution >= 4 is 0 Å². The molecule has 0 bridgehead atoms. The summed E-state index contributed by atoms with van der Waals surface area (Å²) in [5.41, 5.74) is 7.47. The highest BCUT2D eigenvalue weighted by Crippen LogP contribution is 2.32. The number of nitrogens with zero attached hydrogens (tertiary/aromatic N) is 1. The molecule has 2 rings (SSSR count). The Morgan fingerprint density at radius 3 is 2.82 bits per heavy atom. The first-order valence-corrected chi connectivity index (χ1v) is 6.27. The molecule has 1 aromatic rings. The summed E-state index contributed by atoms with van der Waals surface area (Å²) in [6.45, 7) is 6.17. The van der Waals surface area contributed by atoms with Crippen LogP contribution in [0.2, 0.25) is 0 Å². The second-order valence-electron chi connectivity index (χ2n) is 5.28. The van der Waals surface area contributed by atoms with E-state index in [0.717, 1.165) is 17.9 Å². The average Bonchev–Trinajstić information content (AvgIpc) is 2.28. The number of rotatable bonds is 3. The van der Waals surface area contributed by atoms with E-state index in [1.54, 1.807) is 0 Å². The number of benzene rings is 1. The van der Waals surface area contributed by atoms with Crippen molar-refractivity contribution in [1.82, 2.24) is 4.90 Å². The summed E-state index contributed by atoms with van der Waals surface area (Å²) in [5, 5.41) is 0. The fourth-order valence-corrected chi connectivity index (χ4v) is 2.49. The molecular formula is C14H22N2O. The van der Waals surface area contributed by atoms with Crippen LogP contribution in [0.5, 0.6) is 5.75 Å². The van der Waals surface area contributed by atoms with Crippen molar-refractivity contribution in [1.29, 1.82) is 0 Å². The molecule has 0 fully saturated rings. The number of para-hydroxylation sites is 1. The molecule has 0 amide bonds. The molecule has 3 heteroatoms. The van der Waals surface area contributed by atoms with Gasteiger partial charge in [0.2, 0.25) is 0 Å². The maximum Gasteiger partial charge on any atom is 0.124 e. The van der Waals surface area contributed by atoms with Crippen molar-refractivity contribution < 1.29 is 4.74 Å². The van der Waals surface area contributed by atoms with E-state index in [1.165, 1.54) is 0 Å². The first-order chi connectivity index (χ1) is 8.09. The fourth-order valence-electron chi connectivity index (χ4n) is 2.49. The molecule has 1 aliphatic rings. The van der Waals surface area contributed by atoms with E-state index in [-0.39, 0.29) is 12.1 Å². The lowest BCUT2D eigenvalue weighted by atomic mass is 9.96. The van der Waals surface area contributed by atoms with Gasteiger partial charge < -0.3 is 10.5 Å². The summed E-state index contributed by atoms with van der Waals surface area (Å²) >= 11 is 0. The summed E-state index contributed by atoms with van der Waals surface area (Å²) in [6, 6.07) is 8.39. The van der Waals surface area contributed by atoms with Crippen LogP contribution in [-0.4, -0.2) is 31.1 Å². The third-order valence-electron chi connectivity index (χ3n) is 3.32. The number of hydrogen-bond acceptors (Lipinski definition) is 3. The standard InChI is InChI=1S/C14H22N2O/c1-10(2)8-16(3)12-9-17-13-7-5-4-6-11(13)14(12)15/h4-7,10,12,14H,8-9,15H2,1-3H3. The highest BCUT2D eigenvalue weighted by atomic mass is 16.5. The highest BCUT2D eigenvalue weighted by molar-refractivity contribution is 5.38. The molecule has 3 nitrogen and oxygen atoms in total. The fraction of sp³-hybridized carbons (Fsp3) is 0.571. The molecule has 1 heterocycles. The van der Waals surface area contributed by atoms with Gasteiger partial charge in [-0.15, -0.1) is 0 Å². The summed E-state index contributed by atoms with van der Waals surface area (Å²) < 4.78 is 5.79. The minimum atomic E-state index is 0.0451. The number of likely N-dealkylation sites (N-methyl/N-ethyl adjacent to an activating group) is 1. The minimum absolute atomic E-state index is 0.0451. The van der Waals surface area contributed by atoms with E-state index in [0.29, 0.717) is 12.5 Å². The number of fused-ring (bicyclic) bond motifs is 1. The van der Waals surface area contributed by atoms with E-state index in [1.807, 2.05) is 18.2 Å². The van der Waals surface area contributed by atoms with Gasteiger partial charge in [-0.2, -0.15) is 0 Å². The smallest absolute Gasteiger partial charge is 0.124 e. The topological polar surface area (TPSA) is 38.5 Å². The van der Waals surface area contributed by atoms with Gasteiger partial charge in [0, 0.05) is 12.1 Å². The Morgan fingerprint density at radius 2 is 2.12 bits per heavy atom. The van der Waals surface area contributed by atoms with E-state index in [4.69, 9.17) is 10.5 Å². The van der Waals surface area contributed by atoms with Crippen LogP contribution in [0, 0.1) is 5.92 Å². The molecule has 0 spiro atoms. The highest BCUT2D eigenvalue weighted by Gasteiger charge is 2.30. The van der Waals surface area contributed by atoms with Gasteiger partial charge >= 0.3 is 0 Å². The van der Waals surface area contributed by atoms with Crippen LogP contribution >= 0.6 is 0 Å². The molecule has 0 saturated heterocycles. The van der Waals surface area contributed by atoms with Gasteiger partial charge in [-0.05, 0) is 19.0 Å². The lowest BCUT2D eigenvalue weighted by Gasteiger charge is -2.37. The molecule has 0 aromatic heterocycles. The third kappa shape index (κ3) is 2.61. The van der Waals surface area contributed by atoms with Crippen molar-refractivity contribution in [3.8, 4) is 5.75 Å². The van der Waals surface area contributed by atoms with Crippen LogP contribution in [-0.2, 0) is 0 Å². The first-order valence-electron chi connectivity index (χ1n) is 6.27. The maximum absolute atomic E-state index is 6.35. The predicted molar refractivity (Wildman–Crippen MR) is 70.1 cm³/mol. The van der Waals surface area contributed by atoms with Gasteiger partial charge in [0.25, 0.3) is 0 Å². The minimum Gasteiger partial charge on any atom is -0.492 e. The van der Waals surface area contributed by atoms with Crippen LogP contribution < -0.4 is 10.5 Å². The average molecular weight is 234 g/mol. The van der Waals surface area contributed by atoms with Crippen molar-refractivity contribution in [2.75, 3.05) is 20.2 Å². The second-order valence-corrected chi connectivity index (χ2v) is 5.28. The zero-order valence-corrected chi connectivity index (χ0v) is 10.9. The summed E-state index contributed by atoms with van der Waals surface area (Å²) in [6.07, 6.45) is 0. The van der Waals surface area contributed by atoms with E-state index < -0.39 is 0 Å². The normalized spacial score (nSPS) is 23.6. The molecular weight excluding hydrogens is 212 g/mol. The number of hydrogen-bond donors (Lipinski definition) is 1. The first kappa shape index (κ1) is 12.4. The number of nitrogens with two attached hydrogens (primary N) is 1. The van der Waals surface area contributed by atoms with Gasteiger partial charge in [0.1, 0.15) is 12.4 Å². The van der Waals surface area contributed by atoms with Crippen molar-refractivity contribution in [2.24, 2.45) is 11.7 Å². The Hall–Kier alpha value is -1.06. The van der Waals surface area contributed by atoms with Gasteiger partial charge in [0.15, 0.2) is 0 Å². The van der Waals surface area contributed by atoms with Gasteiger partial charge in [-0.3, -0.25) is 4.90 Å². The number of ether oxygens (including phenoxy) is 1. The lowest BCUT2D eigenvalue weighted by Crippen LogP contribution is -2.48. The van der Waals surface area contributed by atoms with E-state index in [9.17, 15) is 0 Å². The summed E-state index contributed by atoms with van der Waals surface area (Å²) in [4.78, 5) is 2.31. The predicted octanol–water partition coefficient (Wildman–Crippen LogP) is 2.04. The van der Waals surface area contributed by atoms with Crippen LogP contribution in [0.4, 0.5) is 0 Å². The molecule has 0 saturated carbocycles. The third-order valence-corrected chi connectivity index (χ3v) is 3.32. The quantitative estimate of drug-likeness (QED) is 0.869. The largest absolute Gasteiger partial charge is 0.492 e. The Morgan fingerprint density at radius 1 is 1.41 bits per heavy atom. The van der Waals surface area contributed by atoms with Gasteiger partial charge in [-0.1, -0.05) is 32.0 Å². The molecule has 0 radical (unpaired) electrons. The molecule has 2 N–H and O–H groups in total. The van der Waals surface area contributed by atoms with Gasteiger partial charge in [-0.25, -0.2) is 0 Å². The summed E-state index contributed by atoms with van der Waals surface area (Å²) in [7, 11) is 2.13. The lowest BCUT2D eigenvalue weighted by molar-refractivity contribution is 0.110. The second kappa shape index (κ2) is 5.07. The van der Waals surface area contributed by atoms with Crippen LogP contribution in [0.25, 0.3) is 0 Å². The van der Waals surface area contributed by atoms with E-state index in [2.05, 4.69) is 31.9 Å². The van der Waals surface area contributed by atoms with Crippen molar-refractivity contribution in [3.63, 3.8) is 0 Å². The Kier molecular flexibility index (Phi) is 3.69. The molecule has 1 aliphatic heterocycles. The zero-order valence-electron chi connectivity index (χ0n) is 10.9. The summed E-state index contributed by atoms with van der Waals surface area (Å²) in [5.74, 6) is 1.58. The van der Waals surface area contributed by atoms with Gasteiger partial charge in [0.05, 0.1) is 12.1 Å². The zero-order chi connectivity index (χ0) is 12.4. The van der Waals surface area contributed by atoms with Crippen LogP contribution in [0.3, 0.4) is 0 Å². The molecule has 2 atom stereocenters. The Balaban J connectivity index is 2.14. The monoisotopic (exact) mass is 234 g/mol. The van der Waals surface area contributed by atoms with E-state index >= 15 is 0 Å². The van der Waals surface area contributed by atoms with Crippen LogP contribution in [0.15, 0.2) is 24.3 Å². The van der Waals surface area contributed by atoms with Crippen LogP contribution in [0.1, 0.15) is 25.5 Å². The Bertz CT molecular complexity index is 378. The van der Waals surface area contributed by atoms with Crippen molar-refractivity contribution in [2.45, 2.75) is 25.9 Å². The molecule has 0 aliphatic carbocycles. The molecule has 1 aromatic carbocycles. The molecule has 17 heavy (non-hydrogen) atoms. The SMILES string of the molecule is CC(C)CN(C)C1COc2ccccc2C1N. The Labute approximate surface area is 104 Å². The maximum atomic E-state index is 6.35. The molecule has 94 valence electrons.